The standard InChI is InChI=1S/C11H21BrF3N/c1-3-5-7-16(8-6-4-2)9-10(12)11(13,14)15/h10H,3-9H2,1-2H3. The van der Waals surface area contributed by atoms with Gasteiger partial charge in [-0.15, -0.1) is 0 Å². The fourth-order valence-corrected chi connectivity index (χ4v) is 1.80. The third-order valence-corrected chi connectivity index (χ3v) is 3.24. The van der Waals surface area contributed by atoms with Crippen LogP contribution in [0.2, 0.25) is 0 Å². The van der Waals surface area contributed by atoms with Gasteiger partial charge in [0.05, 0.1) is 0 Å². The van der Waals surface area contributed by atoms with Gasteiger partial charge in [0.25, 0.3) is 0 Å². The summed E-state index contributed by atoms with van der Waals surface area (Å²) in [4.78, 5) is 0.494. The van der Waals surface area contributed by atoms with E-state index in [0.29, 0.717) is 0 Å². The van der Waals surface area contributed by atoms with Crippen LogP contribution in [0, 0.1) is 0 Å². The first-order valence-electron chi connectivity index (χ1n) is 5.84. The summed E-state index contributed by atoms with van der Waals surface area (Å²) in [6.07, 6.45) is -0.192. The van der Waals surface area contributed by atoms with Gasteiger partial charge in [0.1, 0.15) is 4.83 Å². The van der Waals surface area contributed by atoms with Gasteiger partial charge in [0.2, 0.25) is 0 Å². The van der Waals surface area contributed by atoms with Gasteiger partial charge in [-0.1, -0.05) is 42.6 Å². The van der Waals surface area contributed by atoms with E-state index in [2.05, 4.69) is 15.9 Å². The number of hydrogen-bond donors (Lipinski definition) is 0. The third kappa shape index (κ3) is 7.49. The summed E-state index contributed by atoms with van der Waals surface area (Å²) in [5.74, 6) is 0. The minimum atomic E-state index is -4.14. The lowest BCUT2D eigenvalue weighted by Crippen LogP contribution is -2.38. The Morgan fingerprint density at radius 3 is 1.81 bits per heavy atom. The number of alkyl halides is 4. The van der Waals surface area contributed by atoms with E-state index < -0.39 is 11.0 Å². The quantitative estimate of drug-likeness (QED) is 0.607. The monoisotopic (exact) mass is 303 g/mol. The minimum absolute atomic E-state index is 0.0590. The summed E-state index contributed by atoms with van der Waals surface area (Å²) in [6, 6.07) is 0. The predicted octanol–water partition coefficient (Wildman–Crippen LogP) is 4.21. The molecule has 0 spiro atoms. The van der Waals surface area contributed by atoms with Crippen molar-refractivity contribution in [2.45, 2.75) is 50.5 Å². The summed E-state index contributed by atoms with van der Waals surface area (Å²) in [6.45, 7) is 5.67. The zero-order chi connectivity index (χ0) is 12.6. The van der Waals surface area contributed by atoms with Crippen LogP contribution in [0.25, 0.3) is 0 Å². The first kappa shape index (κ1) is 16.2. The number of halogens is 4. The zero-order valence-corrected chi connectivity index (χ0v) is 11.6. The molecule has 1 atom stereocenters. The molecule has 0 N–H and O–H groups in total. The highest BCUT2D eigenvalue weighted by Crippen LogP contribution is 2.27. The summed E-state index contributed by atoms with van der Waals surface area (Å²) in [7, 11) is 0. The van der Waals surface area contributed by atoms with Crippen LogP contribution >= 0.6 is 15.9 Å². The molecule has 0 aromatic carbocycles. The molecule has 98 valence electrons. The van der Waals surface area contributed by atoms with Crippen molar-refractivity contribution in [3.63, 3.8) is 0 Å². The van der Waals surface area contributed by atoms with Crippen molar-refractivity contribution in [3.8, 4) is 0 Å². The smallest absolute Gasteiger partial charge is 0.302 e. The van der Waals surface area contributed by atoms with Crippen molar-refractivity contribution in [3.05, 3.63) is 0 Å². The van der Waals surface area contributed by atoms with Crippen LogP contribution < -0.4 is 0 Å². The van der Waals surface area contributed by atoms with Crippen molar-refractivity contribution >= 4 is 15.9 Å². The molecule has 0 radical (unpaired) electrons. The Labute approximate surface area is 105 Å². The largest absolute Gasteiger partial charge is 0.402 e. The molecule has 1 unspecified atom stereocenters. The van der Waals surface area contributed by atoms with Crippen molar-refractivity contribution in [1.29, 1.82) is 0 Å². The Morgan fingerprint density at radius 2 is 1.50 bits per heavy atom. The second kappa shape index (κ2) is 8.34. The Kier molecular flexibility index (Phi) is 8.46. The number of hydrogen-bond acceptors (Lipinski definition) is 1. The second-order valence-electron chi connectivity index (χ2n) is 4.02. The van der Waals surface area contributed by atoms with E-state index in [-0.39, 0.29) is 6.54 Å². The van der Waals surface area contributed by atoms with Crippen LogP contribution in [0.5, 0.6) is 0 Å². The Balaban J connectivity index is 4.07. The van der Waals surface area contributed by atoms with Crippen LogP contribution in [0.4, 0.5) is 13.2 Å². The van der Waals surface area contributed by atoms with Crippen molar-refractivity contribution in [2.75, 3.05) is 19.6 Å². The SMILES string of the molecule is CCCCN(CCCC)CC(Br)C(F)(F)F. The van der Waals surface area contributed by atoms with Gasteiger partial charge in [-0.05, 0) is 25.9 Å². The predicted molar refractivity (Wildman–Crippen MR) is 65.0 cm³/mol. The first-order chi connectivity index (χ1) is 7.41. The summed E-state index contributed by atoms with van der Waals surface area (Å²) >= 11 is 2.72. The second-order valence-corrected chi connectivity index (χ2v) is 5.12. The minimum Gasteiger partial charge on any atom is -0.302 e. The molecule has 16 heavy (non-hydrogen) atoms. The van der Waals surface area contributed by atoms with Crippen molar-refractivity contribution in [1.82, 2.24) is 4.90 Å². The lowest BCUT2D eigenvalue weighted by molar-refractivity contribution is -0.130. The Morgan fingerprint density at radius 1 is 1.06 bits per heavy atom. The molecule has 0 heterocycles. The molecule has 0 aliphatic carbocycles. The van der Waals surface area contributed by atoms with Gasteiger partial charge < -0.3 is 4.90 Å². The van der Waals surface area contributed by atoms with Crippen molar-refractivity contribution < 1.29 is 13.2 Å². The Hall–Kier alpha value is 0.230. The Bertz CT molecular complexity index is 165. The molecule has 0 rings (SSSR count). The van der Waals surface area contributed by atoms with E-state index in [1.54, 1.807) is 0 Å². The zero-order valence-electron chi connectivity index (χ0n) is 9.99. The average Bonchev–Trinajstić information content (AvgIpc) is 2.20. The highest BCUT2D eigenvalue weighted by Gasteiger charge is 2.38. The van der Waals surface area contributed by atoms with Crippen LogP contribution in [-0.2, 0) is 0 Å². The van der Waals surface area contributed by atoms with Gasteiger partial charge in [0, 0.05) is 6.54 Å². The summed E-state index contributed by atoms with van der Waals surface area (Å²) in [5, 5.41) is 0. The molecule has 0 aliphatic rings. The third-order valence-electron chi connectivity index (χ3n) is 2.43. The molecule has 0 amide bonds. The average molecular weight is 304 g/mol. The van der Waals surface area contributed by atoms with E-state index >= 15 is 0 Å². The van der Waals surface area contributed by atoms with E-state index in [9.17, 15) is 13.2 Å². The maximum Gasteiger partial charge on any atom is 0.402 e. The van der Waals surface area contributed by atoms with E-state index in [0.717, 1.165) is 38.8 Å². The summed E-state index contributed by atoms with van der Waals surface area (Å²) < 4.78 is 37.1. The molecular weight excluding hydrogens is 283 g/mol. The molecule has 0 aliphatic heterocycles. The maximum absolute atomic E-state index is 12.4. The number of unbranched alkanes of at least 4 members (excludes halogenated alkanes) is 2. The van der Waals surface area contributed by atoms with Gasteiger partial charge in [-0.3, -0.25) is 0 Å². The summed E-state index contributed by atoms with van der Waals surface area (Å²) in [5.41, 5.74) is 0. The van der Waals surface area contributed by atoms with Gasteiger partial charge in [0.15, 0.2) is 0 Å². The maximum atomic E-state index is 12.4. The molecular formula is C11H21BrF3N. The lowest BCUT2D eigenvalue weighted by Gasteiger charge is -2.25. The molecule has 0 aromatic rings. The first-order valence-corrected chi connectivity index (χ1v) is 6.76. The number of rotatable bonds is 8. The fraction of sp³-hybridized carbons (Fsp3) is 1.00. The highest BCUT2D eigenvalue weighted by molar-refractivity contribution is 9.09. The fourth-order valence-electron chi connectivity index (χ4n) is 1.39. The van der Waals surface area contributed by atoms with Crippen LogP contribution in [-0.4, -0.2) is 35.5 Å². The molecule has 0 aromatic heterocycles. The molecule has 0 fully saturated rings. The van der Waals surface area contributed by atoms with Crippen LogP contribution in [0.15, 0.2) is 0 Å². The topological polar surface area (TPSA) is 3.24 Å². The van der Waals surface area contributed by atoms with E-state index in [4.69, 9.17) is 0 Å². The molecule has 0 saturated carbocycles. The normalized spacial score (nSPS) is 14.4. The van der Waals surface area contributed by atoms with E-state index in [1.165, 1.54) is 0 Å². The van der Waals surface area contributed by atoms with Gasteiger partial charge in [-0.2, -0.15) is 13.2 Å². The van der Waals surface area contributed by atoms with E-state index in [1.807, 2.05) is 18.7 Å². The van der Waals surface area contributed by atoms with Crippen LogP contribution in [0.3, 0.4) is 0 Å². The van der Waals surface area contributed by atoms with Crippen molar-refractivity contribution in [2.24, 2.45) is 0 Å². The number of nitrogens with zero attached hydrogens (tertiary/aromatic N) is 1. The van der Waals surface area contributed by atoms with Crippen LogP contribution in [0.1, 0.15) is 39.5 Å². The molecule has 0 saturated heterocycles. The molecule has 5 heteroatoms. The highest BCUT2D eigenvalue weighted by atomic mass is 79.9. The molecule has 0 bridgehead atoms. The molecule has 1 nitrogen and oxygen atoms in total. The lowest BCUT2D eigenvalue weighted by atomic mass is 10.2. The van der Waals surface area contributed by atoms with Gasteiger partial charge in [-0.25, -0.2) is 0 Å². The van der Waals surface area contributed by atoms with Gasteiger partial charge >= 0.3 is 6.18 Å².